The van der Waals surface area contributed by atoms with E-state index in [2.05, 4.69) is 36.7 Å². The smallest absolute Gasteiger partial charge is 0.329 e. The summed E-state index contributed by atoms with van der Waals surface area (Å²) in [6, 6.07) is 16.3. The SMILES string of the molecule is CNc1cc(Nc2cccn(-c3ccc(C(=O)NCCCCCCc4ccc5c(c4)n(C)c(=O)n5C4CCC(=O)NC4=O)cc3)c2=O)nn2c(C(=O)N[C@@H]3C[C@@H]3F)cnc12. The number of nitrogens with one attached hydrogen (secondary N) is 5. The lowest BCUT2D eigenvalue weighted by Crippen LogP contribution is -2.44. The maximum absolute atomic E-state index is 13.6. The molecule has 5 N–H and O–H groups in total. The summed E-state index contributed by atoms with van der Waals surface area (Å²) in [6.45, 7) is 0.509. The number of unbranched alkanes of at least 4 members (excludes halogenated alkanes) is 3. The van der Waals surface area contributed by atoms with Crippen LogP contribution in [0.4, 0.5) is 21.6 Å². The van der Waals surface area contributed by atoms with E-state index in [1.807, 2.05) is 18.2 Å². The highest BCUT2D eigenvalue weighted by molar-refractivity contribution is 6.00. The third kappa shape index (κ3) is 7.99. The monoisotopic (exact) mass is 817 g/mol. The Hall–Kier alpha value is -7.11. The third-order valence-corrected chi connectivity index (χ3v) is 11.0. The minimum atomic E-state index is -1.06. The van der Waals surface area contributed by atoms with Crippen LogP contribution in [0.2, 0.25) is 0 Å². The molecule has 0 radical (unpaired) electrons. The predicted molar refractivity (Wildman–Crippen MR) is 222 cm³/mol. The van der Waals surface area contributed by atoms with Gasteiger partial charge in [0.2, 0.25) is 11.8 Å². The molecular formula is C42H44FN11O6. The van der Waals surface area contributed by atoms with Gasteiger partial charge < -0.3 is 21.3 Å². The van der Waals surface area contributed by atoms with Gasteiger partial charge >= 0.3 is 5.69 Å². The van der Waals surface area contributed by atoms with E-state index in [9.17, 15) is 33.2 Å². The van der Waals surface area contributed by atoms with Crippen molar-refractivity contribution in [1.29, 1.82) is 0 Å². The standard InChI is InChI=1S/C42H44FN11O6/c1-44-30-22-35(50-54-34(23-46-37(30)54)40(58)48-29-21-27(29)43)47-28-9-7-19-52(41(28)59)26-13-11-25(12-14-26)38(56)45-18-6-4-3-5-8-24-10-15-31-33(20-24)51(2)42(60)53(31)32-16-17-36(55)49-39(32)57/h7,9-15,19-20,22-23,27,29,32,44H,3-6,8,16-18,21H2,1-2H3,(H,45,56)(H,47,50)(H,48,58)(H,49,55,57)/t27-,29+,32?/m0/s1. The van der Waals surface area contributed by atoms with Gasteiger partial charge in [0.25, 0.3) is 17.4 Å². The molecule has 2 aliphatic rings. The number of nitrogens with zero attached hydrogens (tertiary/aromatic N) is 6. The van der Waals surface area contributed by atoms with Crippen LogP contribution < -0.4 is 37.8 Å². The number of benzene rings is 2. The van der Waals surface area contributed by atoms with E-state index < -0.39 is 30.1 Å². The number of alkyl halides is 1. The highest BCUT2D eigenvalue weighted by Crippen LogP contribution is 2.27. The van der Waals surface area contributed by atoms with Gasteiger partial charge in [-0.15, -0.1) is 5.10 Å². The third-order valence-electron chi connectivity index (χ3n) is 11.0. The summed E-state index contributed by atoms with van der Waals surface area (Å²) in [7, 11) is 3.38. The molecule has 6 aromatic rings. The number of piperidine rings is 1. The molecule has 17 nitrogen and oxygen atoms in total. The first kappa shape index (κ1) is 39.7. The van der Waals surface area contributed by atoms with Crippen LogP contribution >= 0.6 is 0 Å². The number of anilines is 3. The molecule has 60 heavy (non-hydrogen) atoms. The molecule has 310 valence electrons. The first-order valence-corrected chi connectivity index (χ1v) is 19.9. The van der Waals surface area contributed by atoms with Gasteiger partial charge in [-0.2, -0.15) is 0 Å². The van der Waals surface area contributed by atoms with Gasteiger partial charge in [-0.25, -0.2) is 18.7 Å². The van der Waals surface area contributed by atoms with Crippen LogP contribution in [0.1, 0.15) is 77.4 Å². The largest absolute Gasteiger partial charge is 0.385 e. The predicted octanol–water partition coefficient (Wildman–Crippen LogP) is 3.67. The molecule has 1 aliphatic heterocycles. The Bertz CT molecular complexity index is 2770. The van der Waals surface area contributed by atoms with Gasteiger partial charge in [0.1, 0.15) is 17.9 Å². The summed E-state index contributed by atoms with van der Waals surface area (Å²) in [4.78, 5) is 80.8. The van der Waals surface area contributed by atoms with Crippen LogP contribution in [0.15, 0.2) is 82.6 Å². The molecular weight excluding hydrogens is 774 g/mol. The van der Waals surface area contributed by atoms with E-state index in [1.54, 1.807) is 67.3 Å². The van der Waals surface area contributed by atoms with Crippen molar-refractivity contribution in [3.8, 4) is 5.69 Å². The van der Waals surface area contributed by atoms with E-state index >= 15 is 0 Å². The lowest BCUT2D eigenvalue weighted by atomic mass is 10.0. The number of fused-ring (bicyclic) bond motifs is 2. The summed E-state index contributed by atoms with van der Waals surface area (Å²) in [5, 5.41) is 18.5. The number of halogens is 1. The summed E-state index contributed by atoms with van der Waals surface area (Å²) in [6.07, 6.45) is 7.08. The van der Waals surface area contributed by atoms with Crippen LogP contribution in [0.5, 0.6) is 0 Å². The second-order valence-corrected chi connectivity index (χ2v) is 15.1. The number of carbonyl (C=O) groups excluding carboxylic acids is 4. The van der Waals surface area contributed by atoms with Crippen molar-refractivity contribution in [1.82, 2.24) is 44.2 Å². The number of imide groups is 1. The fourth-order valence-electron chi connectivity index (χ4n) is 7.53. The molecule has 2 aromatic carbocycles. The molecule has 1 unspecified atom stereocenters. The van der Waals surface area contributed by atoms with E-state index in [0.717, 1.165) is 43.2 Å². The van der Waals surface area contributed by atoms with E-state index in [0.29, 0.717) is 34.6 Å². The molecule has 8 rings (SSSR count). The zero-order valence-corrected chi connectivity index (χ0v) is 33.0. The Morgan fingerprint density at radius 3 is 2.47 bits per heavy atom. The van der Waals surface area contributed by atoms with Crippen molar-refractivity contribution in [3.05, 3.63) is 111 Å². The number of imidazole rings is 2. The highest BCUT2D eigenvalue weighted by Gasteiger charge is 2.39. The molecule has 5 heterocycles. The second-order valence-electron chi connectivity index (χ2n) is 15.1. The summed E-state index contributed by atoms with van der Waals surface area (Å²) in [5.41, 5.74) is 4.11. The van der Waals surface area contributed by atoms with Gasteiger partial charge in [0, 0.05) is 57.0 Å². The molecule has 18 heteroatoms. The fourth-order valence-corrected chi connectivity index (χ4v) is 7.53. The lowest BCUT2D eigenvalue weighted by Gasteiger charge is -2.21. The first-order chi connectivity index (χ1) is 29.0. The number of carbonyl (C=O) groups is 4. The van der Waals surface area contributed by atoms with Crippen LogP contribution in [-0.2, 0) is 23.1 Å². The first-order valence-electron chi connectivity index (χ1n) is 19.9. The van der Waals surface area contributed by atoms with Gasteiger partial charge in [-0.1, -0.05) is 18.9 Å². The van der Waals surface area contributed by atoms with E-state index in [1.165, 1.54) is 19.8 Å². The van der Waals surface area contributed by atoms with Crippen molar-refractivity contribution < 1.29 is 23.6 Å². The van der Waals surface area contributed by atoms with Crippen LogP contribution in [0, 0.1) is 0 Å². The Morgan fingerprint density at radius 1 is 0.933 bits per heavy atom. The van der Waals surface area contributed by atoms with Crippen LogP contribution in [-0.4, -0.2) is 77.7 Å². The van der Waals surface area contributed by atoms with Crippen LogP contribution in [0.3, 0.4) is 0 Å². The Balaban J connectivity index is 0.823. The van der Waals surface area contributed by atoms with Gasteiger partial charge in [-0.05, 0) is 79.8 Å². The van der Waals surface area contributed by atoms with E-state index in [-0.39, 0.29) is 59.5 Å². The minimum absolute atomic E-state index is 0.125. The topological polar surface area (TPSA) is 208 Å². The second kappa shape index (κ2) is 16.6. The number of rotatable bonds is 15. The Morgan fingerprint density at radius 2 is 1.72 bits per heavy atom. The normalized spacial score (nSPS) is 17.4. The van der Waals surface area contributed by atoms with E-state index in [4.69, 9.17) is 0 Å². The van der Waals surface area contributed by atoms with Crippen molar-refractivity contribution in [2.24, 2.45) is 7.05 Å². The maximum Gasteiger partial charge on any atom is 0.329 e. The summed E-state index contributed by atoms with van der Waals surface area (Å²) < 4.78 is 19.2. The zero-order valence-electron chi connectivity index (χ0n) is 33.0. The quantitative estimate of drug-likeness (QED) is 0.0751. The minimum Gasteiger partial charge on any atom is -0.385 e. The van der Waals surface area contributed by atoms with Gasteiger partial charge in [-0.3, -0.25) is 43.0 Å². The number of hydrogen-bond acceptors (Lipinski definition) is 10. The fraction of sp³-hybridized carbons (Fsp3) is 0.333. The van der Waals surface area contributed by atoms with Gasteiger partial charge in [0.05, 0.1) is 29.0 Å². The molecule has 4 aromatic heterocycles. The summed E-state index contributed by atoms with van der Waals surface area (Å²) in [5.74, 6) is -1.24. The van der Waals surface area contributed by atoms with Gasteiger partial charge in [0.15, 0.2) is 17.2 Å². The number of pyridine rings is 1. The molecule has 2 fully saturated rings. The van der Waals surface area contributed by atoms with Crippen LogP contribution in [0.25, 0.3) is 22.4 Å². The molecule has 3 atom stereocenters. The molecule has 4 amide bonds. The van der Waals surface area contributed by atoms with Crippen molar-refractivity contribution in [3.63, 3.8) is 0 Å². The number of hydrogen-bond donors (Lipinski definition) is 5. The van der Waals surface area contributed by atoms with Crippen molar-refractivity contribution >= 4 is 57.5 Å². The Kier molecular flexibility index (Phi) is 11.0. The average Bonchev–Trinajstić information content (AvgIpc) is 3.65. The maximum atomic E-state index is 13.6. The zero-order chi connectivity index (χ0) is 42.1. The molecule has 0 bridgehead atoms. The Labute approximate surface area is 342 Å². The lowest BCUT2D eigenvalue weighted by molar-refractivity contribution is -0.135. The molecule has 1 aliphatic carbocycles. The molecule has 1 saturated carbocycles. The van der Waals surface area contributed by atoms with Crippen molar-refractivity contribution in [2.45, 2.75) is 69.6 Å². The summed E-state index contributed by atoms with van der Waals surface area (Å²) >= 11 is 0. The van der Waals surface area contributed by atoms with Crippen molar-refractivity contribution in [2.75, 3.05) is 24.2 Å². The average molecular weight is 818 g/mol. The molecule has 0 spiro atoms. The number of aromatic nitrogens is 6. The molecule has 1 saturated heterocycles. The highest BCUT2D eigenvalue weighted by atomic mass is 19.1. The number of amides is 4. The number of aryl methyl sites for hydroxylation is 2.